The fourth-order valence-electron chi connectivity index (χ4n) is 2.65. The second kappa shape index (κ2) is 10.8. The fourth-order valence-corrected chi connectivity index (χ4v) is 2.65. The Labute approximate surface area is 165 Å². The number of carbonyl (C=O) groups is 1. The molecule has 0 saturated heterocycles. The van der Waals surface area contributed by atoms with E-state index >= 15 is 0 Å². The molecule has 148 valence electrons. The Bertz CT molecular complexity index is 878. The lowest BCUT2D eigenvalue weighted by molar-refractivity contribution is 0.0949. The Morgan fingerprint density at radius 2 is 2.04 bits per heavy atom. The zero-order chi connectivity index (χ0) is 20.4. The van der Waals surface area contributed by atoms with Gasteiger partial charge in [-0.25, -0.2) is 15.0 Å². The van der Waals surface area contributed by atoms with E-state index in [4.69, 9.17) is 9.15 Å². The largest absolute Gasteiger partial charge is 0.496 e. The first-order valence-electron chi connectivity index (χ1n) is 9.30. The summed E-state index contributed by atoms with van der Waals surface area (Å²) < 4.78 is 10.7. The summed E-state index contributed by atoms with van der Waals surface area (Å²) >= 11 is 0. The first-order valence-corrected chi connectivity index (χ1v) is 9.30. The highest BCUT2D eigenvalue weighted by atomic mass is 16.5. The van der Waals surface area contributed by atoms with E-state index in [0.29, 0.717) is 12.3 Å². The molecule has 1 amide bonds. The number of benzene rings is 1. The average Bonchev–Trinajstić information content (AvgIpc) is 3.23. The topological polar surface area (TPSA) is 90.1 Å². The second-order valence-electron chi connectivity index (χ2n) is 5.77. The van der Waals surface area contributed by atoms with Crippen LogP contribution in [0.15, 0.2) is 47.6 Å². The number of aryl methyl sites for hydroxylation is 2. The SMILES string of the molecule is CC.COc1ccc(-c2ocnc2C(=O)NCCCc2ccncn2)cc1C. The third-order valence-corrected chi connectivity index (χ3v) is 3.98. The van der Waals surface area contributed by atoms with Gasteiger partial charge in [-0.15, -0.1) is 0 Å². The summed E-state index contributed by atoms with van der Waals surface area (Å²) in [5, 5.41) is 2.87. The molecule has 0 saturated carbocycles. The van der Waals surface area contributed by atoms with Crippen LogP contribution in [0.2, 0.25) is 0 Å². The maximum atomic E-state index is 12.4. The molecule has 0 atom stereocenters. The van der Waals surface area contributed by atoms with Crippen LogP contribution in [0.25, 0.3) is 11.3 Å². The molecule has 1 N–H and O–H groups in total. The van der Waals surface area contributed by atoms with Crippen molar-refractivity contribution in [2.45, 2.75) is 33.6 Å². The third-order valence-electron chi connectivity index (χ3n) is 3.98. The third kappa shape index (κ3) is 5.39. The predicted molar refractivity (Wildman–Crippen MR) is 107 cm³/mol. The zero-order valence-corrected chi connectivity index (χ0v) is 16.7. The molecule has 3 rings (SSSR count). The summed E-state index contributed by atoms with van der Waals surface area (Å²) in [4.78, 5) is 24.6. The number of nitrogens with one attached hydrogen (secondary N) is 1. The smallest absolute Gasteiger partial charge is 0.273 e. The highest BCUT2D eigenvalue weighted by Crippen LogP contribution is 2.28. The van der Waals surface area contributed by atoms with E-state index in [1.165, 1.54) is 12.7 Å². The lowest BCUT2D eigenvalue weighted by Gasteiger charge is -2.07. The molecular weight excluding hydrogens is 356 g/mol. The van der Waals surface area contributed by atoms with Crippen molar-refractivity contribution >= 4 is 5.91 Å². The Hall–Kier alpha value is -3.22. The lowest BCUT2D eigenvalue weighted by atomic mass is 10.1. The minimum Gasteiger partial charge on any atom is -0.496 e. The molecular formula is C21H26N4O3. The van der Waals surface area contributed by atoms with Crippen molar-refractivity contribution in [2.75, 3.05) is 13.7 Å². The van der Waals surface area contributed by atoms with Crippen molar-refractivity contribution in [1.82, 2.24) is 20.3 Å². The lowest BCUT2D eigenvalue weighted by Crippen LogP contribution is -2.25. The van der Waals surface area contributed by atoms with E-state index in [9.17, 15) is 4.79 Å². The van der Waals surface area contributed by atoms with E-state index in [1.54, 1.807) is 13.3 Å². The van der Waals surface area contributed by atoms with E-state index in [0.717, 1.165) is 35.4 Å². The first-order chi connectivity index (χ1) is 13.7. The van der Waals surface area contributed by atoms with Crippen LogP contribution < -0.4 is 10.1 Å². The van der Waals surface area contributed by atoms with Gasteiger partial charge in [0.05, 0.1) is 7.11 Å². The maximum Gasteiger partial charge on any atom is 0.273 e. The van der Waals surface area contributed by atoms with Crippen LogP contribution in [0.3, 0.4) is 0 Å². The molecule has 0 spiro atoms. The highest BCUT2D eigenvalue weighted by molar-refractivity contribution is 5.97. The van der Waals surface area contributed by atoms with Gasteiger partial charge >= 0.3 is 0 Å². The number of carbonyl (C=O) groups excluding carboxylic acids is 1. The summed E-state index contributed by atoms with van der Waals surface area (Å²) in [6.45, 7) is 6.46. The second-order valence-corrected chi connectivity index (χ2v) is 5.77. The normalized spacial score (nSPS) is 10.0. The predicted octanol–water partition coefficient (Wildman–Crippen LogP) is 3.84. The highest BCUT2D eigenvalue weighted by Gasteiger charge is 2.18. The van der Waals surface area contributed by atoms with E-state index in [-0.39, 0.29) is 11.6 Å². The number of methoxy groups -OCH3 is 1. The van der Waals surface area contributed by atoms with E-state index in [1.807, 2.05) is 45.0 Å². The van der Waals surface area contributed by atoms with Gasteiger partial charge in [-0.05, 0) is 49.6 Å². The van der Waals surface area contributed by atoms with E-state index < -0.39 is 0 Å². The fraction of sp³-hybridized carbons (Fsp3) is 0.333. The number of hydrogen-bond donors (Lipinski definition) is 1. The van der Waals surface area contributed by atoms with Crippen molar-refractivity contribution < 1.29 is 13.9 Å². The Balaban J connectivity index is 0.00000136. The van der Waals surface area contributed by atoms with Gasteiger partial charge < -0.3 is 14.5 Å². The monoisotopic (exact) mass is 382 g/mol. The number of rotatable bonds is 7. The number of hydrogen-bond acceptors (Lipinski definition) is 6. The summed E-state index contributed by atoms with van der Waals surface area (Å²) in [7, 11) is 1.62. The van der Waals surface area contributed by atoms with Gasteiger partial charge in [-0.1, -0.05) is 13.8 Å². The Morgan fingerprint density at radius 3 is 2.71 bits per heavy atom. The molecule has 0 fully saturated rings. The summed E-state index contributed by atoms with van der Waals surface area (Å²) in [6, 6.07) is 7.46. The number of amides is 1. The van der Waals surface area contributed by atoms with Gasteiger partial charge in [0.2, 0.25) is 0 Å². The summed E-state index contributed by atoms with van der Waals surface area (Å²) in [6.07, 6.45) is 6.06. The molecule has 7 heteroatoms. The molecule has 1 aromatic carbocycles. The number of nitrogens with zero attached hydrogens (tertiary/aromatic N) is 3. The van der Waals surface area contributed by atoms with Crippen LogP contribution in [0.4, 0.5) is 0 Å². The maximum absolute atomic E-state index is 12.4. The molecule has 0 unspecified atom stereocenters. The van der Waals surface area contributed by atoms with Crippen LogP contribution in [0.5, 0.6) is 5.75 Å². The zero-order valence-electron chi connectivity index (χ0n) is 16.7. The molecule has 2 aromatic heterocycles. The van der Waals surface area contributed by atoms with Crippen molar-refractivity contribution in [3.8, 4) is 17.1 Å². The first kappa shape index (κ1) is 21.1. The van der Waals surface area contributed by atoms with Gasteiger partial charge in [-0.3, -0.25) is 4.79 Å². The van der Waals surface area contributed by atoms with Gasteiger partial charge in [0, 0.05) is 24.0 Å². The van der Waals surface area contributed by atoms with E-state index in [2.05, 4.69) is 20.3 Å². The molecule has 0 aliphatic rings. The Kier molecular flexibility index (Phi) is 8.14. The molecule has 28 heavy (non-hydrogen) atoms. The molecule has 0 radical (unpaired) electrons. The van der Waals surface area contributed by atoms with Crippen molar-refractivity contribution in [1.29, 1.82) is 0 Å². The van der Waals surface area contributed by atoms with Gasteiger partial charge in [0.15, 0.2) is 17.8 Å². The van der Waals surface area contributed by atoms with Gasteiger partial charge in [0.25, 0.3) is 5.91 Å². The number of oxazole rings is 1. The summed E-state index contributed by atoms with van der Waals surface area (Å²) in [5.41, 5.74) is 2.96. The molecule has 2 heterocycles. The number of aromatic nitrogens is 3. The molecule has 3 aromatic rings. The molecule has 0 bridgehead atoms. The quantitative estimate of drug-likeness (QED) is 0.625. The molecule has 0 aliphatic heterocycles. The Morgan fingerprint density at radius 1 is 1.21 bits per heavy atom. The van der Waals surface area contributed by atoms with Crippen LogP contribution >= 0.6 is 0 Å². The minimum absolute atomic E-state index is 0.259. The van der Waals surface area contributed by atoms with Crippen molar-refractivity contribution in [2.24, 2.45) is 0 Å². The standard InChI is InChI=1S/C19H20N4O3.C2H6/c1-13-10-14(5-6-16(13)25-2)18-17(23-12-26-18)19(24)21-8-3-4-15-7-9-20-11-22-15;1-2/h5-7,9-12H,3-4,8H2,1-2H3,(H,21,24);1-2H3. The van der Waals surface area contributed by atoms with Gasteiger partial charge in [0.1, 0.15) is 12.1 Å². The van der Waals surface area contributed by atoms with Crippen molar-refractivity contribution in [3.05, 3.63) is 60.1 Å². The van der Waals surface area contributed by atoms with Crippen molar-refractivity contribution in [3.63, 3.8) is 0 Å². The number of ether oxygens (including phenoxy) is 1. The van der Waals surface area contributed by atoms with Crippen LogP contribution in [-0.4, -0.2) is 34.5 Å². The van der Waals surface area contributed by atoms with Gasteiger partial charge in [-0.2, -0.15) is 0 Å². The summed E-state index contributed by atoms with van der Waals surface area (Å²) in [5.74, 6) is 0.970. The average molecular weight is 382 g/mol. The molecule has 0 aliphatic carbocycles. The molecule has 7 nitrogen and oxygen atoms in total. The van der Waals surface area contributed by atoms with Crippen LogP contribution in [0.1, 0.15) is 42.0 Å². The van der Waals surface area contributed by atoms with Crippen LogP contribution in [0, 0.1) is 6.92 Å². The van der Waals surface area contributed by atoms with Crippen LogP contribution in [-0.2, 0) is 6.42 Å². The minimum atomic E-state index is -0.259.